The molecule has 15 nitrogen and oxygen atoms in total. The molecular weight excluding hydrogens is 564 g/mol. The predicted octanol–water partition coefficient (Wildman–Crippen LogP) is 1.48. The molecule has 15 heteroatoms. The summed E-state index contributed by atoms with van der Waals surface area (Å²) in [4.78, 5) is 78.6. The molecule has 0 aliphatic rings. The third-order valence-electron chi connectivity index (χ3n) is 6.26. The van der Waals surface area contributed by atoms with E-state index in [1.165, 1.54) is 19.3 Å². The molecule has 0 saturated heterocycles. The van der Waals surface area contributed by atoms with E-state index < -0.39 is 78.0 Å². The van der Waals surface area contributed by atoms with Crippen molar-refractivity contribution in [1.29, 1.82) is 0 Å². The number of hydrogen-bond donors (Lipinski definition) is 5. The summed E-state index contributed by atoms with van der Waals surface area (Å²) in [6.07, 6.45) is 5.90. The van der Waals surface area contributed by atoms with Crippen LogP contribution in [0.5, 0.6) is 0 Å². The molecule has 2 atom stereocenters. The van der Waals surface area contributed by atoms with E-state index in [1.54, 1.807) is 0 Å². The van der Waals surface area contributed by atoms with Gasteiger partial charge in [-0.25, -0.2) is 9.59 Å². The van der Waals surface area contributed by atoms with Crippen LogP contribution >= 0.6 is 0 Å². The minimum absolute atomic E-state index is 0.206. The molecule has 242 valence electrons. The molecule has 0 saturated carbocycles. The Kier molecular flexibility index (Phi) is 20.4. The summed E-state index contributed by atoms with van der Waals surface area (Å²) in [5, 5.41) is 46.8. The molecule has 0 heterocycles. The van der Waals surface area contributed by atoms with Crippen molar-refractivity contribution in [3.8, 4) is 0 Å². The van der Waals surface area contributed by atoms with Gasteiger partial charge in [-0.05, 0) is 6.42 Å². The molecule has 5 N–H and O–H groups in total. The number of ether oxygens (including phenoxy) is 3. The van der Waals surface area contributed by atoms with Gasteiger partial charge < -0.3 is 39.7 Å². The first kappa shape index (κ1) is 40.5. The summed E-state index contributed by atoms with van der Waals surface area (Å²) >= 11 is 0. The molecular formula is C27H44O15. The average Bonchev–Trinajstić information content (AvgIpc) is 2.90. The van der Waals surface area contributed by atoms with Gasteiger partial charge in [-0.2, -0.15) is 0 Å². The van der Waals surface area contributed by atoms with Gasteiger partial charge in [-0.15, -0.1) is 0 Å². The number of aliphatic hydroxyl groups is 2. The highest BCUT2D eigenvalue weighted by Gasteiger charge is 2.53. The zero-order valence-electron chi connectivity index (χ0n) is 24.6. The first-order valence-electron chi connectivity index (χ1n) is 13.4. The minimum Gasteiger partial charge on any atom is -0.481 e. The van der Waals surface area contributed by atoms with Crippen LogP contribution in [0.3, 0.4) is 0 Å². The standard InChI is InChI=1S/C18H30O8.C9H14O7/c1-2-3-4-5-6-7-8-9-10-11-13(19)15(16(22)23)18(26,17(24)25)12-14(20)21;1-14-6(10)4-9(13,8(12)16-3)5-7(11)15-2/h15,26H,2-12H2,1H3,(H,20,21)(H,22,23)(H,24,25);13H,4-5H2,1-3H3. The summed E-state index contributed by atoms with van der Waals surface area (Å²) < 4.78 is 12.9. The van der Waals surface area contributed by atoms with Crippen LogP contribution in [0, 0.1) is 5.92 Å². The van der Waals surface area contributed by atoms with Gasteiger partial charge in [0.2, 0.25) is 0 Å². The Morgan fingerprint density at radius 2 is 1.07 bits per heavy atom. The highest BCUT2D eigenvalue weighted by atomic mass is 16.6. The molecule has 0 rings (SSSR count). The first-order valence-corrected chi connectivity index (χ1v) is 13.4. The van der Waals surface area contributed by atoms with E-state index in [0.29, 0.717) is 12.8 Å². The van der Waals surface area contributed by atoms with Crippen LogP contribution in [-0.4, -0.2) is 99.7 Å². The summed E-state index contributed by atoms with van der Waals surface area (Å²) in [5.41, 5.74) is -5.41. The van der Waals surface area contributed by atoms with Gasteiger partial charge in [-0.1, -0.05) is 58.3 Å². The van der Waals surface area contributed by atoms with Crippen molar-refractivity contribution < 1.29 is 73.3 Å². The topological polar surface area (TPSA) is 248 Å². The number of ketones is 1. The molecule has 0 bridgehead atoms. The molecule has 0 amide bonds. The van der Waals surface area contributed by atoms with Crippen molar-refractivity contribution in [2.75, 3.05) is 21.3 Å². The summed E-state index contributed by atoms with van der Waals surface area (Å²) in [5.74, 6) is -11.6. The summed E-state index contributed by atoms with van der Waals surface area (Å²) in [6, 6.07) is 0. The quantitative estimate of drug-likeness (QED) is 0.0536. The molecule has 0 radical (unpaired) electrons. The van der Waals surface area contributed by atoms with Crippen LogP contribution in [0.1, 0.15) is 90.4 Å². The number of carbonyl (C=O) groups excluding carboxylic acids is 4. The number of methoxy groups -OCH3 is 3. The van der Waals surface area contributed by atoms with Crippen molar-refractivity contribution >= 4 is 41.6 Å². The van der Waals surface area contributed by atoms with Crippen molar-refractivity contribution in [3.63, 3.8) is 0 Å². The predicted molar refractivity (Wildman–Crippen MR) is 143 cm³/mol. The molecule has 0 aliphatic carbocycles. The Balaban J connectivity index is 0. The molecule has 0 aromatic heterocycles. The summed E-state index contributed by atoms with van der Waals surface area (Å²) in [7, 11) is 3.22. The van der Waals surface area contributed by atoms with Gasteiger partial charge in [0.1, 0.15) is 0 Å². The third kappa shape index (κ3) is 15.4. The second-order valence-corrected chi connectivity index (χ2v) is 9.64. The molecule has 2 unspecified atom stereocenters. The molecule has 0 fully saturated rings. The van der Waals surface area contributed by atoms with Gasteiger partial charge >= 0.3 is 35.8 Å². The lowest BCUT2D eigenvalue weighted by molar-refractivity contribution is -0.181. The number of carboxylic acids is 3. The molecule has 0 aromatic rings. The number of carboxylic acid groups (broad SMARTS) is 3. The largest absolute Gasteiger partial charge is 0.481 e. The van der Waals surface area contributed by atoms with E-state index in [0.717, 1.165) is 47.0 Å². The van der Waals surface area contributed by atoms with Crippen LogP contribution in [0.2, 0.25) is 0 Å². The van der Waals surface area contributed by atoms with Gasteiger partial charge in [0.15, 0.2) is 22.9 Å². The minimum atomic E-state index is -3.16. The zero-order valence-corrected chi connectivity index (χ0v) is 24.6. The smallest absolute Gasteiger partial charge is 0.339 e. The lowest BCUT2D eigenvalue weighted by Gasteiger charge is -2.27. The Labute approximate surface area is 244 Å². The van der Waals surface area contributed by atoms with Crippen molar-refractivity contribution in [1.82, 2.24) is 0 Å². The van der Waals surface area contributed by atoms with Gasteiger partial charge in [0, 0.05) is 6.42 Å². The van der Waals surface area contributed by atoms with Gasteiger partial charge in [-0.3, -0.25) is 24.0 Å². The molecule has 0 aromatic carbocycles. The molecule has 42 heavy (non-hydrogen) atoms. The van der Waals surface area contributed by atoms with Crippen LogP contribution in [0.4, 0.5) is 0 Å². The second-order valence-electron chi connectivity index (χ2n) is 9.64. The normalized spacial score (nSPS) is 12.9. The summed E-state index contributed by atoms with van der Waals surface area (Å²) in [6.45, 7) is 2.14. The number of esters is 3. The fourth-order valence-corrected chi connectivity index (χ4v) is 3.91. The highest BCUT2D eigenvalue weighted by molar-refractivity contribution is 6.05. The molecule has 0 aliphatic heterocycles. The van der Waals surface area contributed by atoms with Crippen LogP contribution in [-0.2, 0) is 47.8 Å². The number of Topliss-reactive ketones (excluding diaryl/α,β-unsaturated/α-hetero) is 1. The Hall–Kier alpha value is -3.59. The Morgan fingerprint density at radius 1 is 0.643 bits per heavy atom. The second kappa shape index (κ2) is 21.2. The third-order valence-corrected chi connectivity index (χ3v) is 6.26. The maximum absolute atomic E-state index is 12.1. The van der Waals surface area contributed by atoms with Crippen LogP contribution < -0.4 is 0 Å². The highest BCUT2D eigenvalue weighted by Crippen LogP contribution is 2.26. The lowest BCUT2D eigenvalue weighted by atomic mass is 9.80. The maximum atomic E-state index is 12.1. The zero-order chi connectivity index (χ0) is 32.9. The SMILES string of the molecule is CCCCCCCCCCCC(=O)C(C(=O)O)C(O)(CC(=O)O)C(=O)O.COC(=O)CC(O)(CC(=O)OC)C(=O)OC. The monoisotopic (exact) mass is 608 g/mol. The van der Waals surface area contributed by atoms with E-state index in [1.807, 2.05) is 0 Å². The van der Waals surface area contributed by atoms with E-state index in [2.05, 4.69) is 21.1 Å². The van der Waals surface area contributed by atoms with E-state index >= 15 is 0 Å². The number of hydrogen-bond acceptors (Lipinski definition) is 12. The average molecular weight is 609 g/mol. The number of carbonyl (C=O) groups is 7. The Bertz CT molecular complexity index is 895. The fraction of sp³-hybridized carbons (Fsp3) is 0.741. The van der Waals surface area contributed by atoms with Gasteiger partial charge in [0.25, 0.3) is 0 Å². The van der Waals surface area contributed by atoms with Crippen LogP contribution in [0.15, 0.2) is 0 Å². The number of unbranched alkanes of at least 4 members (excludes halogenated alkanes) is 8. The lowest BCUT2D eigenvalue weighted by Crippen LogP contribution is -2.53. The van der Waals surface area contributed by atoms with E-state index in [-0.39, 0.29) is 6.42 Å². The van der Waals surface area contributed by atoms with Crippen LogP contribution in [0.25, 0.3) is 0 Å². The van der Waals surface area contributed by atoms with E-state index in [9.17, 15) is 43.8 Å². The van der Waals surface area contributed by atoms with Crippen molar-refractivity contribution in [2.24, 2.45) is 5.92 Å². The number of rotatable bonds is 21. The molecule has 0 spiro atoms. The number of aliphatic carboxylic acids is 3. The fourth-order valence-electron chi connectivity index (χ4n) is 3.91. The van der Waals surface area contributed by atoms with Gasteiger partial charge in [0.05, 0.1) is 40.6 Å². The maximum Gasteiger partial charge on any atom is 0.339 e. The van der Waals surface area contributed by atoms with Crippen molar-refractivity contribution in [2.45, 2.75) is 102 Å². The Morgan fingerprint density at radius 3 is 1.40 bits per heavy atom. The van der Waals surface area contributed by atoms with Crippen molar-refractivity contribution in [3.05, 3.63) is 0 Å². The van der Waals surface area contributed by atoms with E-state index in [4.69, 9.17) is 15.3 Å². The first-order chi connectivity index (χ1) is 19.6.